The number of hydrogen-bond acceptors (Lipinski definition) is 12. The Bertz CT molecular complexity index is 2810. The van der Waals surface area contributed by atoms with Crippen molar-refractivity contribution in [2.75, 3.05) is 41.5 Å². The number of nitrogens with zero attached hydrogens (tertiary/aromatic N) is 7. The van der Waals surface area contributed by atoms with Crippen molar-refractivity contribution in [3.63, 3.8) is 0 Å². The minimum atomic E-state index is -4.05. The van der Waals surface area contributed by atoms with E-state index in [-0.39, 0.29) is 42.1 Å². The molecule has 0 unspecified atom stereocenters. The smallest absolute Gasteiger partial charge is 0.331 e. The lowest BCUT2D eigenvalue weighted by Crippen LogP contribution is -2.46. The minimum absolute atomic E-state index is 0.0645. The van der Waals surface area contributed by atoms with Gasteiger partial charge in [0.1, 0.15) is 28.5 Å². The molecule has 0 aliphatic carbocycles. The number of carboxylic acids is 1. The molecular weight excluding hydrogens is 939 g/mol. The molecule has 1 N–H and O–H groups in total. The summed E-state index contributed by atoms with van der Waals surface area (Å²) in [5.41, 5.74) is 0.736. The molecular formula is C50H61N7O11S2. The molecule has 1 aliphatic rings. The normalized spacial score (nSPS) is 13.2. The second-order valence-electron chi connectivity index (χ2n) is 17.6. The molecule has 1 amide bonds. The maximum Gasteiger partial charge on any atom is 0.331 e. The molecule has 1 aliphatic heterocycles. The van der Waals surface area contributed by atoms with Gasteiger partial charge in [0.05, 0.1) is 28.4 Å². The molecule has 0 spiro atoms. The van der Waals surface area contributed by atoms with Gasteiger partial charge in [0, 0.05) is 51.7 Å². The second-order valence-corrected chi connectivity index (χ2v) is 21.3. The lowest BCUT2D eigenvalue weighted by Gasteiger charge is -2.29. The molecule has 374 valence electrons. The zero-order valence-corrected chi connectivity index (χ0v) is 42.3. The molecule has 7 rings (SSSR count). The molecule has 4 aromatic carbocycles. The third-order valence-electron chi connectivity index (χ3n) is 12.0. The van der Waals surface area contributed by atoms with E-state index >= 15 is 0 Å². The average Bonchev–Trinajstić information content (AvgIpc) is 4.19. The van der Waals surface area contributed by atoms with Crippen LogP contribution in [0.15, 0.2) is 132 Å². The van der Waals surface area contributed by atoms with E-state index in [1.165, 1.54) is 45.5 Å². The van der Waals surface area contributed by atoms with Crippen LogP contribution in [0, 0.1) is 0 Å². The van der Waals surface area contributed by atoms with E-state index in [1.807, 2.05) is 29.2 Å². The van der Waals surface area contributed by atoms with E-state index in [4.69, 9.17) is 18.9 Å². The van der Waals surface area contributed by atoms with Crippen LogP contribution < -0.4 is 18.9 Å². The van der Waals surface area contributed by atoms with Gasteiger partial charge in [-0.1, -0.05) is 48.5 Å². The van der Waals surface area contributed by atoms with Gasteiger partial charge in [0.25, 0.3) is 20.0 Å². The number of carbonyl (C=O) groups excluding carboxylic acids is 1. The summed E-state index contributed by atoms with van der Waals surface area (Å²) in [5, 5.41) is 17.6. The lowest BCUT2D eigenvalue weighted by atomic mass is 10.0. The van der Waals surface area contributed by atoms with Crippen molar-refractivity contribution in [2.45, 2.75) is 87.8 Å². The van der Waals surface area contributed by atoms with Crippen LogP contribution in [0.2, 0.25) is 0 Å². The quantitative estimate of drug-likeness (QED) is 0.0841. The Hall–Kier alpha value is -6.74. The summed E-state index contributed by atoms with van der Waals surface area (Å²) < 4.78 is 80.9. The van der Waals surface area contributed by atoms with Gasteiger partial charge in [0.2, 0.25) is 5.91 Å². The molecule has 0 saturated carbocycles. The van der Waals surface area contributed by atoms with Crippen LogP contribution in [0.25, 0.3) is 0 Å². The van der Waals surface area contributed by atoms with Crippen LogP contribution in [-0.2, 0) is 66.9 Å². The fourth-order valence-electron chi connectivity index (χ4n) is 7.47. The third kappa shape index (κ3) is 12.3. The van der Waals surface area contributed by atoms with Crippen LogP contribution >= 0.6 is 0 Å². The number of rotatable bonds is 20. The fraction of sp³-hybridized carbons (Fsp3) is 0.360. The predicted octanol–water partition coefficient (Wildman–Crippen LogP) is 6.76. The highest BCUT2D eigenvalue weighted by atomic mass is 32.2. The van der Waals surface area contributed by atoms with Crippen LogP contribution in [-0.4, -0.2) is 108 Å². The maximum atomic E-state index is 13.9. The van der Waals surface area contributed by atoms with Gasteiger partial charge in [0.15, 0.2) is 15.6 Å². The highest BCUT2D eigenvalue weighted by molar-refractivity contribution is 7.89. The van der Waals surface area contributed by atoms with Gasteiger partial charge in [-0.05, 0) is 123 Å². The highest BCUT2D eigenvalue weighted by Gasteiger charge is 2.38. The molecule has 1 fully saturated rings. The number of sulfonamides is 2. The largest absolute Gasteiger partial charge is 0.497 e. The summed E-state index contributed by atoms with van der Waals surface area (Å²) in [6.07, 6.45) is 4.89. The number of aliphatic carboxylic acids is 1. The van der Waals surface area contributed by atoms with Gasteiger partial charge in [-0.3, -0.25) is 14.2 Å². The molecule has 20 heteroatoms. The molecule has 3 heterocycles. The molecule has 0 bridgehead atoms. The topological polar surface area (TPSA) is 205 Å². The van der Waals surface area contributed by atoms with Crippen molar-refractivity contribution in [1.82, 2.24) is 33.1 Å². The third-order valence-corrected chi connectivity index (χ3v) is 15.4. The Kier molecular flexibility index (Phi) is 16.8. The summed E-state index contributed by atoms with van der Waals surface area (Å²) in [5.74, 6) is 1.53. The van der Waals surface area contributed by atoms with Crippen molar-refractivity contribution in [3.8, 4) is 23.0 Å². The van der Waals surface area contributed by atoms with E-state index < -0.39 is 37.1 Å². The SMILES string of the molecule is COc1ccc(CN(Cc2ccc(OC)cc2)S(=O)(=O)c2ccn(C(C)(C)C(=O)N3CCCC3)n2)cc1.COc1ccc(CN(Cc2ccc(OC)cc2)S(=O)(=O)c2ccn(C(C)(C)C(=O)O)n2)cc1. The molecule has 0 radical (unpaired) electrons. The first-order chi connectivity index (χ1) is 33.2. The summed E-state index contributed by atoms with van der Waals surface area (Å²) in [6, 6.07) is 31.6. The monoisotopic (exact) mass is 999 g/mol. The van der Waals surface area contributed by atoms with E-state index in [0.29, 0.717) is 36.1 Å². The van der Waals surface area contributed by atoms with Crippen molar-refractivity contribution >= 4 is 31.9 Å². The average molecular weight is 1000 g/mol. The lowest BCUT2D eigenvalue weighted by molar-refractivity contribution is -0.146. The Morgan fingerprint density at radius 2 is 0.800 bits per heavy atom. The number of amides is 1. The first kappa shape index (κ1) is 52.6. The molecule has 6 aromatic rings. The van der Waals surface area contributed by atoms with Crippen LogP contribution in [0.5, 0.6) is 23.0 Å². The van der Waals surface area contributed by atoms with Crippen molar-refractivity contribution < 1.29 is 50.5 Å². The van der Waals surface area contributed by atoms with Gasteiger partial charge in [-0.25, -0.2) is 21.6 Å². The Morgan fingerprint density at radius 3 is 1.07 bits per heavy atom. The zero-order valence-electron chi connectivity index (χ0n) is 40.7. The maximum absolute atomic E-state index is 13.9. The first-order valence-corrected chi connectivity index (χ1v) is 25.3. The predicted molar refractivity (Wildman–Crippen MR) is 261 cm³/mol. The van der Waals surface area contributed by atoms with Crippen molar-refractivity contribution in [1.29, 1.82) is 0 Å². The number of carbonyl (C=O) groups is 2. The van der Waals surface area contributed by atoms with E-state index in [2.05, 4.69) is 10.2 Å². The van der Waals surface area contributed by atoms with E-state index in [1.54, 1.807) is 121 Å². The number of hydrogen-bond donors (Lipinski definition) is 1. The van der Waals surface area contributed by atoms with Crippen LogP contribution in [0.1, 0.15) is 62.8 Å². The summed E-state index contributed by atoms with van der Waals surface area (Å²) >= 11 is 0. The Balaban J connectivity index is 0.000000231. The summed E-state index contributed by atoms with van der Waals surface area (Å²) in [7, 11) is -1.76. The van der Waals surface area contributed by atoms with Gasteiger partial charge >= 0.3 is 5.97 Å². The van der Waals surface area contributed by atoms with E-state index in [0.717, 1.165) is 39.8 Å². The molecule has 1 saturated heterocycles. The Morgan fingerprint density at radius 1 is 0.514 bits per heavy atom. The molecule has 0 atom stereocenters. The number of carboxylic acid groups (broad SMARTS) is 1. The van der Waals surface area contributed by atoms with Crippen molar-refractivity contribution in [2.24, 2.45) is 0 Å². The molecule has 18 nitrogen and oxygen atoms in total. The number of likely N-dealkylation sites (tertiary alicyclic amines) is 1. The Labute approximate surface area is 410 Å². The van der Waals surface area contributed by atoms with Gasteiger partial charge in [-0.2, -0.15) is 18.8 Å². The summed E-state index contributed by atoms with van der Waals surface area (Å²) in [6.45, 7) is 8.32. The molecule has 70 heavy (non-hydrogen) atoms. The minimum Gasteiger partial charge on any atom is -0.497 e. The van der Waals surface area contributed by atoms with Gasteiger partial charge < -0.3 is 29.0 Å². The standard InChI is InChI=1S/C27H34N4O5S.C23H27N3O6S/c1-27(2,26(32)29-16-5-6-17-29)31-18-15-25(28-31)37(33,34)30(19-21-7-11-23(35-3)12-8-21)20-22-9-13-24(36-4)14-10-22;1-23(2,22(27)28)26-14-13-21(24-26)33(29,30)25(15-17-5-9-19(31-3)10-6-17)16-18-7-11-20(32-4)12-8-18/h7-15,18H,5-6,16-17,19-20H2,1-4H3;5-14H,15-16H2,1-4H3,(H,27,28). The summed E-state index contributed by atoms with van der Waals surface area (Å²) in [4.78, 5) is 26.5. The van der Waals surface area contributed by atoms with Crippen LogP contribution in [0.4, 0.5) is 0 Å². The van der Waals surface area contributed by atoms with Gasteiger partial charge in [-0.15, -0.1) is 0 Å². The zero-order chi connectivity index (χ0) is 50.9. The molecule has 2 aromatic heterocycles. The fourth-order valence-corrected chi connectivity index (χ4v) is 10.1. The second kappa shape index (κ2) is 22.3. The first-order valence-electron chi connectivity index (χ1n) is 22.4. The number of methoxy groups -OCH3 is 4. The number of ether oxygens (including phenoxy) is 4. The van der Waals surface area contributed by atoms with Crippen LogP contribution in [0.3, 0.4) is 0 Å². The number of benzene rings is 4. The van der Waals surface area contributed by atoms with E-state index in [9.17, 15) is 31.5 Å². The highest BCUT2D eigenvalue weighted by Crippen LogP contribution is 2.28. The van der Waals surface area contributed by atoms with Crippen molar-refractivity contribution in [3.05, 3.63) is 144 Å². The number of aromatic nitrogens is 4.